The monoisotopic (exact) mass is 356 g/mol. The quantitative estimate of drug-likeness (QED) is 0.857. The van der Waals surface area contributed by atoms with Crippen LogP contribution in [0.25, 0.3) is 0 Å². The second-order valence-electron chi connectivity index (χ2n) is 6.69. The van der Waals surface area contributed by atoms with E-state index in [1.54, 1.807) is 6.07 Å². The van der Waals surface area contributed by atoms with Gasteiger partial charge in [0.05, 0.1) is 7.11 Å². The van der Waals surface area contributed by atoms with Crippen LogP contribution in [0.4, 0.5) is 4.39 Å². The number of rotatable bonds is 6. The van der Waals surface area contributed by atoms with E-state index < -0.39 is 5.82 Å². The number of methoxy groups -OCH3 is 1. The summed E-state index contributed by atoms with van der Waals surface area (Å²) in [6, 6.07) is 12.5. The average Bonchev–Trinajstić information content (AvgIpc) is 2.68. The summed E-state index contributed by atoms with van der Waals surface area (Å²) in [6.07, 6.45) is 3.92. The molecule has 4 nitrogen and oxygen atoms in total. The molecule has 0 aliphatic carbocycles. The fourth-order valence-electron chi connectivity index (χ4n) is 3.23. The van der Waals surface area contributed by atoms with Crippen molar-refractivity contribution in [2.45, 2.75) is 32.4 Å². The van der Waals surface area contributed by atoms with Gasteiger partial charge in [-0.15, -0.1) is 0 Å². The fourth-order valence-corrected chi connectivity index (χ4v) is 3.23. The molecule has 1 aliphatic heterocycles. The number of halogens is 1. The first kappa shape index (κ1) is 18.4. The van der Waals surface area contributed by atoms with Crippen LogP contribution in [-0.4, -0.2) is 31.0 Å². The van der Waals surface area contributed by atoms with Gasteiger partial charge < -0.3 is 10.1 Å². The number of nitrogens with zero attached hydrogens (tertiary/aromatic N) is 1. The zero-order valence-electron chi connectivity index (χ0n) is 15.1. The molecule has 2 aromatic rings. The summed E-state index contributed by atoms with van der Waals surface area (Å²) in [7, 11) is 1.40. The smallest absolute Gasteiger partial charge is 0.251 e. The van der Waals surface area contributed by atoms with Gasteiger partial charge in [0.1, 0.15) is 0 Å². The number of amides is 1. The summed E-state index contributed by atoms with van der Waals surface area (Å²) in [5, 5.41) is 2.82. The van der Waals surface area contributed by atoms with E-state index in [4.69, 9.17) is 4.74 Å². The molecule has 1 amide bonds. The standard InChI is InChI=1S/C21H25FN2O2/c1-26-20-10-9-18(13-19(20)22)21(25)23-14-16-5-7-17(8-6-16)15-24-11-3-2-4-12-24/h5-10,13H,2-4,11-12,14-15H2,1H3,(H,23,25). The highest BCUT2D eigenvalue weighted by atomic mass is 19.1. The molecule has 0 radical (unpaired) electrons. The van der Waals surface area contributed by atoms with Crippen LogP contribution < -0.4 is 10.1 Å². The van der Waals surface area contributed by atoms with Gasteiger partial charge in [-0.3, -0.25) is 9.69 Å². The van der Waals surface area contributed by atoms with Crippen molar-refractivity contribution in [1.29, 1.82) is 0 Å². The minimum atomic E-state index is -0.540. The molecule has 1 fully saturated rings. The molecule has 0 spiro atoms. The van der Waals surface area contributed by atoms with E-state index in [2.05, 4.69) is 22.3 Å². The molecule has 5 heteroatoms. The zero-order chi connectivity index (χ0) is 18.4. The second kappa shape index (κ2) is 8.81. The minimum Gasteiger partial charge on any atom is -0.494 e. The van der Waals surface area contributed by atoms with Crippen LogP contribution >= 0.6 is 0 Å². The first-order chi connectivity index (χ1) is 12.7. The third kappa shape index (κ3) is 4.82. The van der Waals surface area contributed by atoms with Crippen LogP contribution in [0.15, 0.2) is 42.5 Å². The molecular weight excluding hydrogens is 331 g/mol. The van der Waals surface area contributed by atoms with Crippen LogP contribution in [0.5, 0.6) is 5.75 Å². The Morgan fingerprint density at radius 3 is 2.42 bits per heavy atom. The van der Waals surface area contributed by atoms with Gasteiger partial charge in [-0.2, -0.15) is 0 Å². The predicted octanol–water partition coefficient (Wildman–Crippen LogP) is 3.75. The topological polar surface area (TPSA) is 41.6 Å². The van der Waals surface area contributed by atoms with Gasteiger partial charge in [-0.05, 0) is 55.3 Å². The molecule has 0 aromatic heterocycles. The molecule has 3 rings (SSSR count). The number of benzene rings is 2. The van der Waals surface area contributed by atoms with Gasteiger partial charge in [-0.25, -0.2) is 4.39 Å². The molecule has 2 aromatic carbocycles. The highest BCUT2D eigenvalue weighted by molar-refractivity contribution is 5.94. The zero-order valence-corrected chi connectivity index (χ0v) is 15.1. The van der Waals surface area contributed by atoms with E-state index in [9.17, 15) is 9.18 Å². The lowest BCUT2D eigenvalue weighted by atomic mass is 10.1. The largest absolute Gasteiger partial charge is 0.494 e. The van der Waals surface area contributed by atoms with Crippen molar-refractivity contribution in [2.75, 3.05) is 20.2 Å². The van der Waals surface area contributed by atoms with Crippen molar-refractivity contribution < 1.29 is 13.9 Å². The summed E-state index contributed by atoms with van der Waals surface area (Å²) >= 11 is 0. The number of carbonyl (C=O) groups is 1. The van der Waals surface area contributed by atoms with Crippen molar-refractivity contribution in [1.82, 2.24) is 10.2 Å². The van der Waals surface area contributed by atoms with Crippen molar-refractivity contribution in [3.05, 3.63) is 65.0 Å². The fraction of sp³-hybridized carbons (Fsp3) is 0.381. The van der Waals surface area contributed by atoms with Crippen molar-refractivity contribution in [3.63, 3.8) is 0 Å². The van der Waals surface area contributed by atoms with Crippen LogP contribution in [0.1, 0.15) is 40.7 Å². The normalized spacial score (nSPS) is 14.8. The number of hydrogen-bond acceptors (Lipinski definition) is 3. The maximum Gasteiger partial charge on any atom is 0.251 e. The Kier molecular flexibility index (Phi) is 6.23. The van der Waals surface area contributed by atoms with Crippen molar-refractivity contribution in [3.8, 4) is 5.75 Å². The van der Waals surface area contributed by atoms with Crippen LogP contribution in [0.3, 0.4) is 0 Å². The molecule has 0 unspecified atom stereocenters. The summed E-state index contributed by atoms with van der Waals surface area (Å²) in [5.74, 6) is -0.711. The lowest BCUT2D eigenvalue weighted by molar-refractivity contribution is 0.0950. The third-order valence-electron chi connectivity index (χ3n) is 4.74. The molecule has 26 heavy (non-hydrogen) atoms. The second-order valence-corrected chi connectivity index (χ2v) is 6.69. The Labute approximate surface area is 154 Å². The number of carbonyl (C=O) groups excluding carboxylic acids is 1. The summed E-state index contributed by atoms with van der Waals surface area (Å²) in [4.78, 5) is 14.7. The maximum absolute atomic E-state index is 13.7. The molecule has 1 saturated heterocycles. The van der Waals surface area contributed by atoms with Crippen molar-refractivity contribution in [2.24, 2.45) is 0 Å². The number of likely N-dealkylation sites (tertiary alicyclic amines) is 1. The Bertz CT molecular complexity index is 740. The molecule has 0 saturated carbocycles. The molecule has 0 bridgehead atoms. The summed E-state index contributed by atoms with van der Waals surface area (Å²) in [5.41, 5.74) is 2.60. The van der Waals surface area contributed by atoms with Gasteiger partial charge in [0, 0.05) is 18.7 Å². The number of piperidine rings is 1. The molecule has 138 valence electrons. The lowest BCUT2D eigenvalue weighted by Gasteiger charge is -2.26. The van der Waals surface area contributed by atoms with Crippen LogP contribution in [0, 0.1) is 5.82 Å². The molecule has 1 N–H and O–H groups in total. The number of ether oxygens (including phenoxy) is 1. The first-order valence-electron chi connectivity index (χ1n) is 9.07. The summed E-state index contributed by atoms with van der Waals surface area (Å²) < 4.78 is 18.6. The van der Waals surface area contributed by atoms with E-state index in [1.807, 2.05) is 12.1 Å². The molecular formula is C21H25FN2O2. The van der Waals surface area contributed by atoms with Crippen LogP contribution in [-0.2, 0) is 13.1 Å². The maximum atomic E-state index is 13.7. The Morgan fingerprint density at radius 1 is 1.08 bits per heavy atom. The van der Waals surface area contributed by atoms with E-state index in [0.717, 1.165) is 12.1 Å². The van der Waals surface area contributed by atoms with E-state index >= 15 is 0 Å². The van der Waals surface area contributed by atoms with Crippen molar-refractivity contribution >= 4 is 5.91 Å². The van der Waals surface area contributed by atoms with Gasteiger partial charge in [0.15, 0.2) is 11.6 Å². The van der Waals surface area contributed by atoms with Crippen LogP contribution in [0.2, 0.25) is 0 Å². The Morgan fingerprint density at radius 2 is 1.77 bits per heavy atom. The molecule has 1 aliphatic rings. The van der Waals surface area contributed by atoms with E-state index in [0.29, 0.717) is 6.54 Å². The minimum absolute atomic E-state index is 0.130. The summed E-state index contributed by atoms with van der Waals surface area (Å²) in [6.45, 7) is 3.75. The Hall–Kier alpha value is -2.40. The SMILES string of the molecule is COc1ccc(C(=O)NCc2ccc(CN3CCCCC3)cc2)cc1F. The van der Waals surface area contributed by atoms with Gasteiger partial charge in [0.2, 0.25) is 0 Å². The van der Waals surface area contributed by atoms with Gasteiger partial charge in [-0.1, -0.05) is 30.7 Å². The van der Waals surface area contributed by atoms with Gasteiger partial charge in [0.25, 0.3) is 5.91 Å². The van der Waals surface area contributed by atoms with Gasteiger partial charge >= 0.3 is 0 Å². The van der Waals surface area contributed by atoms with E-state index in [-0.39, 0.29) is 17.2 Å². The average molecular weight is 356 g/mol. The third-order valence-corrected chi connectivity index (χ3v) is 4.74. The number of hydrogen-bond donors (Lipinski definition) is 1. The molecule has 1 heterocycles. The highest BCUT2D eigenvalue weighted by Crippen LogP contribution is 2.18. The Balaban J connectivity index is 1.52. The molecule has 0 atom stereocenters. The predicted molar refractivity (Wildman–Crippen MR) is 99.7 cm³/mol. The lowest BCUT2D eigenvalue weighted by Crippen LogP contribution is -2.29. The number of nitrogens with one attached hydrogen (secondary N) is 1. The highest BCUT2D eigenvalue weighted by Gasteiger charge is 2.11. The van der Waals surface area contributed by atoms with E-state index in [1.165, 1.54) is 57.2 Å². The first-order valence-corrected chi connectivity index (χ1v) is 9.07.